The molecule has 0 aromatic heterocycles. The van der Waals surface area contributed by atoms with Gasteiger partial charge < -0.3 is 35.6 Å². The third-order valence-electron chi connectivity index (χ3n) is 5.43. The van der Waals surface area contributed by atoms with Crippen LogP contribution in [-0.4, -0.2) is 147 Å². The summed E-state index contributed by atoms with van der Waals surface area (Å²) in [5, 5.41) is 2.63. The average Bonchev–Trinajstić information content (AvgIpc) is 2.77. The molecule has 1 atom stereocenters. The number of likely N-dealkylation sites (N-methyl/N-ethyl adjacent to an activating group) is 5. The summed E-state index contributed by atoms with van der Waals surface area (Å²) in [6.07, 6.45) is 1.91. The molecule has 0 heterocycles. The molecule has 0 aliphatic heterocycles. The van der Waals surface area contributed by atoms with Gasteiger partial charge in [0.25, 0.3) is 0 Å². The molecule has 0 bridgehead atoms. The highest BCUT2D eigenvalue weighted by atomic mass is 16.2. The molecular formula is C23H43N7O6. The van der Waals surface area contributed by atoms with E-state index in [1.807, 2.05) is 0 Å². The Bertz CT molecular complexity index is 789. The molecule has 206 valence electrons. The minimum absolute atomic E-state index is 0.159. The topological polar surface area (TPSA) is 157 Å². The number of Topliss-reactive ketones (excluding diaryl/α,β-unsaturated/α-hetero) is 1. The van der Waals surface area contributed by atoms with Crippen LogP contribution in [0.5, 0.6) is 0 Å². The van der Waals surface area contributed by atoms with E-state index < -0.39 is 29.7 Å². The number of hydrogen-bond donors (Lipinski definition) is 2. The third kappa shape index (κ3) is 13.1. The highest BCUT2D eigenvalue weighted by molar-refractivity contribution is 5.92. The molecule has 0 aromatic carbocycles. The number of ketones is 1. The summed E-state index contributed by atoms with van der Waals surface area (Å²) in [4.78, 5) is 79.9. The lowest BCUT2D eigenvalue weighted by molar-refractivity contribution is -0.144. The van der Waals surface area contributed by atoms with E-state index in [1.54, 1.807) is 19.0 Å². The fourth-order valence-electron chi connectivity index (χ4n) is 3.04. The van der Waals surface area contributed by atoms with E-state index >= 15 is 0 Å². The molecule has 3 N–H and O–H groups in total. The lowest BCUT2D eigenvalue weighted by atomic mass is 10.1. The van der Waals surface area contributed by atoms with Crippen molar-refractivity contribution in [3.63, 3.8) is 0 Å². The summed E-state index contributed by atoms with van der Waals surface area (Å²) in [5.74, 6) is -2.26. The summed E-state index contributed by atoms with van der Waals surface area (Å²) in [7, 11) is 9.28. The van der Waals surface area contributed by atoms with E-state index in [0.717, 1.165) is 16.2 Å². The van der Waals surface area contributed by atoms with Gasteiger partial charge in [-0.15, -0.1) is 0 Å². The Hall–Kier alpha value is -3.06. The molecule has 13 nitrogen and oxygen atoms in total. The van der Waals surface area contributed by atoms with Crippen molar-refractivity contribution >= 4 is 35.3 Å². The van der Waals surface area contributed by atoms with Crippen molar-refractivity contribution in [2.24, 2.45) is 5.73 Å². The number of hydrogen-bond acceptors (Lipinski definition) is 8. The molecule has 36 heavy (non-hydrogen) atoms. The minimum Gasteiger partial charge on any atom is -0.345 e. The maximum Gasteiger partial charge on any atom is 0.242 e. The number of carbonyl (C=O) groups is 6. The second kappa shape index (κ2) is 16.6. The van der Waals surface area contributed by atoms with Gasteiger partial charge >= 0.3 is 0 Å². The van der Waals surface area contributed by atoms with Gasteiger partial charge in [-0.2, -0.15) is 0 Å². The number of nitrogens with two attached hydrogens (primary N) is 1. The van der Waals surface area contributed by atoms with Gasteiger partial charge in [-0.05, 0) is 46.8 Å². The molecule has 5 amide bonds. The molecule has 13 heteroatoms. The van der Waals surface area contributed by atoms with Gasteiger partial charge in [-0.25, -0.2) is 0 Å². The van der Waals surface area contributed by atoms with E-state index in [2.05, 4.69) is 5.32 Å². The number of nitrogens with one attached hydrogen (secondary N) is 1. The number of rotatable bonds is 16. The fourth-order valence-corrected chi connectivity index (χ4v) is 3.04. The van der Waals surface area contributed by atoms with Gasteiger partial charge in [0, 0.05) is 28.2 Å². The molecule has 0 radical (unpaired) electrons. The number of carbonyl (C=O) groups excluding carboxylic acids is 6. The molecule has 0 unspecified atom stereocenters. The van der Waals surface area contributed by atoms with Crippen LogP contribution in [0, 0.1) is 0 Å². The van der Waals surface area contributed by atoms with Crippen LogP contribution in [0.3, 0.4) is 0 Å². The maximum atomic E-state index is 12.5. The van der Waals surface area contributed by atoms with Crippen LogP contribution < -0.4 is 11.1 Å². The average molecular weight is 514 g/mol. The Labute approximate surface area is 213 Å². The number of amides is 5. The molecular weight excluding hydrogens is 470 g/mol. The highest BCUT2D eigenvalue weighted by Crippen LogP contribution is 2.02. The molecule has 0 fully saturated rings. The van der Waals surface area contributed by atoms with E-state index in [9.17, 15) is 28.8 Å². The Kier molecular flexibility index (Phi) is 15.2. The standard InChI is InChI=1S/C23H43N7O6/c1-17(31)18(10-8-9-11-24)25-19(32)12-27(4)21(34)14-29(6)23(36)16-30(7)22(35)15-28(5)20(33)13-26(2)3/h18H,8-16,24H2,1-7H3,(H,25,32)/t18-/m1/s1. The van der Waals surface area contributed by atoms with Crippen molar-refractivity contribution in [2.75, 3.05) is 81.6 Å². The van der Waals surface area contributed by atoms with E-state index in [-0.39, 0.29) is 44.4 Å². The Morgan fingerprint density at radius 3 is 1.39 bits per heavy atom. The third-order valence-corrected chi connectivity index (χ3v) is 5.43. The quantitative estimate of drug-likeness (QED) is 0.216. The van der Waals surface area contributed by atoms with Crippen molar-refractivity contribution in [3.05, 3.63) is 0 Å². The molecule has 0 saturated heterocycles. The zero-order valence-electron chi connectivity index (χ0n) is 22.7. The fraction of sp³-hybridized carbons (Fsp3) is 0.739. The first-order valence-corrected chi connectivity index (χ1v) is 11.8. The molecule has 0 rings (SSSR count). The van der Waals surface area contributed by atoms with Crippen LogP contribution in [0.15, 0.2) is 0 Å². The predicted octanol–water partition coefficient (Wildman–Crippen LogP) is -2.42. The SMILES string of the molecule is CC(=O)[C@@H](CCCCN)NC(=O)CN(C)C(=O)CN(C)C(=O)CN(C)C(=O)CN(C)C(=O)CN(C)C. The lowest BCUT2D eigenvalue weighted by Crippen LogP contribution is -2.49. The second-order valence-corrected chi connectivity index (χ2v) is 9.25. The minimum atomic E-state index is -0.637. The maximum absolute atomic E-state index is 12.5. The van der Waals surface area contributed by atoms with Gasteiger partial charge in [0.2, 0.25) is 29.5 Å². The van der Waals surface area contributed by atoms with Gasteiger partial charge in [0.15, 0.2) is 5.78 Å². The summed E-state index contributed by atoms with van der Waals surface area (Å²) >= 11 is 0. The van der Waals surface area contributed by atoms with Crippen LogP contribution in [0.2, 0.25) is 0 Å². The molecule has 0 saturated carbocycles. The smallest absolute Gasteiger partial charge is 0.242 e. The zero-order chi connectivity index (χ0) is 28.0. The van der Waals surface area contributed by atoms with Crippen LogP contribution in [-0.2, 0) is 28.8 Å². The lowest BCUT2D eigenvalue weighted by Gasteiger charge is -2.26. The largest absolute Gasteiger partial charge is 0.345 e. The van der Waals surface area contributed by atoms with Crippen LogP contribution in [0.4, 0.5) is 0 Å². The molecule has 0 aliphatic carbocycles. The Balaban J connectivity index is 4.67. The molecule has 0 aromatic rings. The summed E-state index contributed by atoms with van der Waals surface area (Å²) < 4.78 is 0. The van der Waals surface area contributed by atoms with Crippen LogP contribution in [0.25, 0.3) is 0 Å². The first-order chi connectivity index (χ1) is 16.7. The van der Waals surface area contributed by atoms with E-state index in [4.69, 9.17) is 5.73 Å². The van der Waals surface area contributed by atoms with Crippen LogP contribution in [0.1, 0.15) is 26.2 Å². The van der Waals surface area contributed by atoms with Crippen molar-refractivity contribution in [1.29, 1.82) is 0 Å². The van der Waals surface area contributed by atoms with Crippen molar-refractivity contribution in [3.8, 4) is 0 Å². The Morgan fingerprint density at radius 1 is 0.639 bits per heavy atom. The molecule has 0 spiro atoms. The monoisotopic (exact) mass is 513 g/mol. The van der Waals surface area contributed by atoms with Gasteiger partial charge in [-0.3, -0.25) is 28.8 Å². The van der Waals surface area contributed by atoms with Crippen LogP contribution >= 0.6 is 0 Å². The molecule has 0 aliphatic rings. The first kappa shape index (κ1) is 32.9. The predicted molar refractivity (Wildman–Crippen MR) is 135 cm³/mol. The summed E-state index contributed by atoms with van der Waals surface area (Å²) in [6.45, 7) is 1.04. The normalized spacial score (nSPS) is 11.5. The van der Waals surface area contributed by atoms with Crippen molar-refractivity contribution in [1.82, 2.24) is 29.8 Å². The van der Waals surface area contributed by atoms with E-state index in [0.29, 0.717) is 19.4 Å². The summed E-state index contributed by atoms with van der Waals surface area (Å²) in [5.41, 5.74) is 5.46. The first-order valence-electron chi connectivity index (χ1n) is 11.8. The van der Waals surface area contributed by atoms with Crippen molar-refractivity contribution < 1.29 is 28.8 Å². The van der Waals surface area contributed by atoms with Gasteiger partial charge in [0.1, 0.15) is 0 Å². The highest BCUT2D eigenvalue weighted by Gasteiger charge is 2.23. The Morgan fingerprint density at radius 2 is 1.03 bits per heavy atom. The summed E-state index contributed by atoms with van der Waals surface area (Å²) in [6, 6.07) is -0.637. The second-order valence-electron chi connectivity index (χ2n) is 9.25. The van der Waals surface area contributed by atoms with E-state index in [1.165, 1.54) is 44.9 Å². The number of unbranched alkanes of at least 4 members (excludes halogenated alkanes) is 1. The van der Waals surface area contributed by atoms with Crippen molar-refractivity contribution in [2.45, 2.75) is 32.2 Å². The van der Waals surface area contributed by atoms with Gasteiger partial charge in [0.05, 0.1) is 38.8 Å². The van der Waals surface area contributed by atoms with Gasteiger partial charge in [-0.1, -0.05) is 0 Å². The number of nitrogens with zero attached hydrogens (tertiary/aromatic N) is 5. The zero-order valence-corrected chi connectivity index (χ0v) is 22.7.